The molecule has 0 atom stereocenters. The summed E-state index contributed by atoms with van der Waals surface area (Å²) in [5.74, 6) is 0.615. The average molecular weight is 275 g/mol. The predicted octanol–water partition coefficient (Wildman–Crippen LogP) is 2.51. The van der Waals surface area contributed by atoms with Crippen LogP contribution in [0.2, 0.25) is 0 Å². The highest BCUT2D eigenvalue weighted by atomic mass is 16.5. The molecule has 0 unspecified atom stereocenters. The largest absolute Gasteiger partial charge is 0.381 e. The molecule has 5 nitrogen and oxygen atoms in total. The van der Waals surface area contributed by atoms with Crippen LogP contribution in [-0.2, 0) is 4.74 Å². The fourth-order valence-electron chi connectivity index (χ4n) is 3.11. The molecule has 2 aliphatic heterocycles. The van der Waals surface area contributed by atoms with Gasteiger partial charge in [-0.05, 0) is 43.2 Å². The van der Waals surface area contributed by atoms with E-state index in [2.05, 4.69) is 10.3 Å². The number of ether oxygens (including phenoxy) is 1. The number of likely N-dealkylation sites (tertiary alicyclic amines) is 1. The van der Waals surface area contributed by atoms with Crippen molar-refractivity contribution in [2.75, 3.05) is 31.6 Å². The molecular weight excluding hydrogens is 254 g/mol. The van der Waals surface area contributed by atoms with Crippen LogP contribution in [0, 0.1) is 5.41 Å². The summed E-state index contributed by atoms with van der Waals surface area (Å²) in [4.78, 5) is 18.2. The number of urea groups is 1. The monoisotopic (exact) mass is 275 g/mol. The van der Waals surface area contributed by atoms with E-state index in [1.165, 1.54) is 0 Å². The number of carbonyl (C=O) groups excluding carboxylic acids is 1. The van der Waals surface area contributed by atoms with Crippen LogP contribution < -0.4 is 5.32 Å². The number of aromatic nitrogens is 1. The molecule has 20 heavy (non-hydrogen) atoms. The van der Waals surface area contributed by atoms with E-state index in [-0.39, 0.29) is 6.03 Å². The lowest BCUT2D eigenvalue weighted by molar-refractivity contribution is -0.0138. The lowest BCUT2D eigenvalue weighted by Crippen LogP contribution is -2.46. The van der Waals surface area contributed by atoms with Gasteiger partial charge in [-0.1, -0.05) is 6.07 Å². The van der Waals surface area contributed by atoms with Crippen molar-refractivity contribution >= 4 is 11.8 Å². The smallest absolute Gasteiger partial charge is 0.323 e. The Bertz CT molecular complexity index is 447. The third kappa shape index (κ3) is 2.93. The van der Waals surface area contributed by atoms with Crippen molar-refractivity contribution in [2.45, 2.75) is 25.7 Å². The third-order valence-corrected chi connectivity index (χ3v) is 4.56. The van der Waals surface area contributed by atoms with E-state index in [1.807, 2.05) is 23.1 Å². The normalized spacial score (nSPS) is 21.7. The topological polar surface area (TPSA) is 54.5 Å². The predicted molar refractivity (Wildman–Crippen MR) is 76.5 cm³/mol. The van der Waals surface area contributed by atoms with Gasteiger partial charge in [0.1, 0.15) is 5.82 Å². The summed E-state index contributed by atoms with van der Waals surface area (Å²) in [7, 11) is 0. The number of nitrogens with one attached hydrogen (secondary N) is 1. The SMILES string of the molecule is O=C(Nc1ccccn1)N1CCC2(CCOCC2)CC1. The van der Waals surface area contributed by atoms with E-state index in [1.54, 1.807) is 6.20 Å². The van der Waals surface area contributed by atoms with Crippen molar-refractivity contribution in [3.05, 3.63) is 24.4 Å². The van der Waals surface area contributed by atoms with Gasteiger partial charge in [0, 0.05) is 32.5 Å². The molecular formula is C15H21N3O2. The number of carbonyl (C=O) groups is 1. The highest BCUT2D eigenvalue weighted by Crippen LogP contribution is 2.40. The summed E-state index contributed by atoms with van der Waals surface area (Å²) in [5.41, 5.74) is 0.417. The van der Waals surface area contributed by atoms with Crippen LogP contribution in [0.25, 0.3) is 0 Å². The van der Waals surface area contributed by atoms with Crippen molar-refractivity contribution in [2.24, 2.45) is 5.41 Å². The second-order valence-electron chi connectivity index (χ2n) is 5.74. The van der Waals surface area contributed by atoms with Gasteiger partial charge in [-0.3, -0.25) is 5.32 Å². The standard InChI is InChI=1S/C15H21N3O2/c19-14(17-13-3-1-2-8-16-13)18-9-4-15(5-10-18)6-11-20-12-7-15/h1-3,8H,4-7,9-12H2,(H,16,17,19). The summed E-state index contributed by atoms with van der Waals surface area (Å²) in [6, 6.07) is 5.48. The molecule has 2 saturated heterocycles. The Balaban J connectivity index is 1.54. The van der Waals surface area contributed by atoms with Gasteiger partial charge in [0.05, 0.1) is 0 Å². The zero-order valence-electron chi connectivity index (χ0n) is 11.7. The Morgan fingerprint density at radius 2 is 1.95 bits per heavy atom. The Morgan fingerprint density at radius 1 is 1.20 bits per heavy atom. The molecule has 108 valence electrons. The Kier molecular flexibility index (Phi) is 3.87. The van der Waals surface area contributed by atoms with Crippen molar-refractivity contribution < 1.29 is 9.53 Å². The average Bonchev–Trinajstić information content (AvgIpc) is 2.50. The van der Waals surface area contributed by atoms with Crippen LogP contribution >= 0.6 is 0 Å². The molecule has 2 amide bonds. The van der Waals surface area contributed by atoms with Gasteiger partial charge in [0.25, 0.3) is 0 Å². The van der Waals surface area contributed by atoms with Gasteiger partial charge >= 0.3 is 6.03 Å². The van der Waals surface area contributed by atoms with Gasteiger partial charge in [-0.25, -0.2) is 9.78 Å². The first kappa shape index (κ1) is 13.4. The first-order valence-corrected chi connectivity index (χ1v) is 7.32. The summed E-state index contributed by atoms with van der Waals surface area (Å²) in [6.45, 7) is 3.41. The van der Waals surface area contributed by atoms with Gasteiger partial charge in [-0.15, -0.1) is 0 Å². The maximum absolute atomic E-state index is 12.2. The van der Waals surface area contributed by atoms with Gasteiger partial charge in [-0.2, -0.15) is 0 Å². The molecule has 0 radical (unpaired) electrons. The van der Waals surface area contributed by atoms with Crippen LogP contribution in [0.5, 0.6) is 0 Å². The molecule has 2 aliphatic rings. The Labute approximate surface area is 119 Å². The number of pyridine rings is 1. The minimum absolute atomic E-state index is 0.0365. The third-order valence-electron chi connectivity index (χ3n) is 4.56. The van der Waals surface area contributed by atoms with Crippen molar-refractivity contribution in [1.82, 2.24) is 9.88 Å². The van der Waals surface area contributed by atoms with Crippen molar-refractivity contribution in [3.8, 4) is 0 Å². The molecule has 1 aromatic heterocycles. The van der Waals surface area contributed by atoms with E-state index >= 15 is 0 Å². The highest BCUT2D eigenvalue weighted by Gasteiger charge is 2.37. The molecule has 3 heterocycles. The highest BCUT2D eigenvalue weighted by molar-refractivity contribution is 5.88. The molecule has 5 heteroatoms. The molecule has 2 fully saturated rings. The molecule has 1 aromatic rings. The van der Waals surface area contributed by atoms with Crippen LogP contribution in [0.4, 0.5) is 10.6 Å². The van der Waals surface area contributed by atoms with Gasteiger partial charge in [0.15, 0.2) is 0 Å². The molecule has 1 N–H and O–H groups in total. The Hall–Kier alpha value is -1.62. The molecule has 1 spiro atoms. The van der Waals surface area contributed by atoms with Crippen LogP contribution in [0.3, 0.4) is 0 Å². The molecule has 0 saturated carbocycles. The first-order valence-electron chi connectivity index (χ1n) is 7.32. The number of piperidine rings is 1. The fraction of sp³-hybridized carbons (Fsp3) is 0.600. The molecule has 0 aromatic carbocycles. The van der Waals surface area contributed by atoms with Crippen LogP contribution in [0.1, 0.15) is 25.7 Å². The second kappa shape index (κ2) is 5.79. The number of anilines is 1. The van der Waals surface area contributed by atoms with Crippen molar-refractivity contribution in [3.63, 3.8) is 0 Å². The first-order chi connectivity index (χ1) is 9.77. The fourth-order valence-corrected chi connectivity index (χ4v) is 3.11. The minimum atomic E-state index is -0.0365. The van der Waals surface area contributed by atoms with Crippen molar-refractivity contribution in [1.29, 1.82) is 0 Å². The summed E-state index contributed by atoms with van der Waals surface area (Å²) >= 11 is 0. The molecule has 3 rings (SSSR count). The number of hydrogen-bond donors (Lipinski definition) is 1. The number of hydrogen-bond acceptors (Lipinski definition) is 3. The van der Waals surface area contributed by atoms with Gasteiger partial charge < -0.3 is 9.64 Å². The zero-order chi connectivity index (χ0) is 13.8. The lowest BCUT2D eigenvalue weighted by Gasteiger charge is -2.43. The number of amides is 2. The number of rotatable bonds is 1. The number of nitrogens with zero attached hydrogens (tertiary/aromatic N) is 2. The lowest BCUT2D eigenvalue weighted by atomic mass is 9.72. The Morgan fingerprint density at radius 3 is 2.60 bits per heavy atom. The van der Waals surface area contributed by atoms with E-state index in [0.29, 0.717) is 11.2 Å². The van der Waals surface area contributed by atoms with Crippen LogP contribution in [-0.4, -0.2) is 42.2 Å². The summed E-state index contributed by atoms with van der Waals surface area (Å²) in [5, 5.41) is 2.85. The van der Waals surface area contributed by atoms with Crippen LogP contribution in [0.15, 0.2) is 24.4 Å². The molecule has 0 bridgehead atoms. The second-order valence-corrected chi connectivity index (χ2v) is 5.74. The quantitative estimate of drug-likeness (QED) is 0.856. The van der Waals surface area contributed by atoms with E-state index < -0.39 is 0 Å². The minimum Gasteiger partial charge on any atom is -0.381 e. The molecule has 0 aliphatic carbocycles. The zero-order valence-corrected chi connectivity index (χ0v) is 11.7. The summed E-state index contributed by atoms with van der Waals surface area (Å²) in [6.07, 6.45) is 6.15. The van der Waals surface area contributed by atoms with E-state index in [4.69, 9.17) is 4.74 Å². The maximum Gasteiger partial charge on any atom is 0.323 e. The maximum atomic E-state index is 12.2. The van der Waals surface area contributed by atoms with E-state index in [9.17, 15) is 4.79 Å². The van der Waals surface area contributed by atoms with Gasteiger partial charge in [0.2, 0.25) is 0 Å². The van der Waals surface area contributed by atoms with E-state index in [0.717, 1.165) is 52.0 Å². The summed E-state index contributed by atoms with van der Waals surface area (Å²) < 4.78 is 5.45.